The molecule has 176 valence electrons. The van der Waals surface area contributed by atoms with E-state index in [2.05, 4.69) is 25.9 Å². The predicted molar refractivity (Wildman–Crippen MR) is 133 cm³/mol. The van der Waals surface area contributed by atoms with E-state index < -0.39 is 0 Å². The highest BCUT2D eigenvalue weighted by Crippen LogP contribution is 2.22. The topological polar surface area (TPSA) is 122 Å². The Morgan fingerprint density at radius 2 is 2.00 bits per heavy atom. The fourth-order valence-electron chi connectivity index (χ4n) is 3.70. The Bertz CT molecular complexity index is 1210. The van der Waals surface area contributed by atoms with Gasteiger partial charge >= 0.3 is 0 Å². The van der Waals surface area contributed by atoms with Crippen molar-refractivity contribution in [3.8, 4) is 11.3 Å². The zero-order chi connectivity index (χ0) is 24.1. The molecule has 0 radical (unpaired) electrons. The van der Waals surface area contributed by atoms with Gasteiger partial charge < -0.3 is 21.7 Å². The second-order valence-electron chi connectivity index (χ2n) is 8.01. The lowest BCUT2D eigenvalue weighted by molar-refractivity contribution is 0.0923. The Balaban J connectivity index is 1.48. The maximum atomic E-state index is 12.8. The van der Waals surface area contributed by atoms with E-state index in [0.717, 1.165) is 24.9 Å². The summed E-state index contributed by atoms with van der Waals surface area (Å²) in [7, 11) is 0. The quantitative estimate of drug-likeness (QED) is 0.412. The van der Waals surface area contributed by atoms with Crippen LogP contribution in [0.15, 0.2) is 48.7 Å². The number of halogens is 2. The highest BCUT2D eigenvalue weighted by Gasteiger charge is 2.20. The second-order valence-corrected chi connectivity index (χ2v) is 8.85. The summed E-state index contributed by atoms with van der Waals surface area (Å²) in [6.45, 7) is 1.90. The number of nitrogens with zero attached hydrogens (tertiary/aromatic N) is 2. The third kappa shape index (κ3) is 5.83. The average molecular weight is 499 g/mol. The smallest absolute Gasteiger partial charge is 0.274 e. The highest BCUT2D eigenvalue weighted by atomic mass is 35.5. The first kappa shape index (κ1) is 23.9. The first-order chi connectivity index (χ1) is 16.4. The van der Waals surface area contributed by atoms with Gasteiger partial charge in [0.05, 0.1) is 11.9 Å². The van der Waals surface area contributed by atoms with Crippen molar-refractivity contribution in [1.29, 1.82) is 0 Å². The molecule has 2 amide bonds. The monoisotopic (exact) mass is 498 g/mol. The summed E-state index contributed by atoms with van der Waals surface area (Å²) in [5, 5.41) is 10.1. The molecular weight excluding hydrogens is 475 g/mol. The SMILES string of the molecule is Nc1ncc(-c2cccc(C(=O)NCc3ccc(Cl)cc3Cl)c2)nc1C(=O)NC1CCCNC1. The highest BCUT2D eigenvalue weighted by molar-refractivity contribution is 6.35. The number of carbonyl (C=O) groups is 2. The van der Waals surface area contributed by atoms with Gasteiger partial charge in [0.15, 0.2) is 11.5 Å². The molecule has 3 aromatic rings. The number of hydrogen-bond acceptors (Lipinski definition) is 6. The van der Waals surface area contributed by atoms with E-state index >= 15 is 0 Å². The van der Waals surface area contributed by atoms with Crippen LogP contribution in [0.25, 0.3) is 11.3 Å². The number of carbonyl (C=O) groups excluding carboxylic acids is 2. The molecule has 1 aliphatic heterocycles. The Kier molecular flexibility index (Phi) is 7.62. The van der Waals surface area contributed by atoms with Gasteiger partial charge in [-0.05, 0) is 49.2 Å². The van der Waals surface area contributed by atoms with Crippen LogP contribution in [0, 0.1) is 0 Å². The first-order valence-electron chi connectivity index (χ1n) is 10.9. The molecule has 0 saturated carbocycles. The van der Waals surface area contributed by atoms with Gasteiger partial charge in [-0.25, -0.2) is 9.97 Å². The van der Waals surface area contributed by atoms with Gasteiger partial charge in [-0.15, -0.1) is 0 Å². The number of aromatic nitrogens is 2. The zero-order valence-electron chi connectivity index (χ0n) is 18.3. The van der Waals surface area contributed by atoms with Crippen LogP contribution in [0.3, 0.4) is 0 Å². The van der Waals surface area contributed by atoms with Gasteiger partial charge in [0.25, 0.3) is 11.8 Å². The van der Waals surface area contributed by atoms with Crippen molar-refractivity contribution in [3.05, 3.63) is 75.5 Å². The molecule has 0 spiro atoms. The molecule has 1 unspecified atom stereocenters. The standard InChI is InChI=1S/C24H24Cl2N6O2/c25-17-7-6-16(19(26)10-17)11-30-23(33)15-4-1-3-14(9-15)20-13-29-22(27)21(32-20)24(34)31-18-5-2-8-28-12-18/h1,3-4,6-7,9-10,13,18,28H,2,5,8,11-12H2,(H2,27,29)(H,30,33)(H,31,34). The third-order valence-corrected chi connectivity index (χ3v) is 6.11. The maximum absolute atomic E-state index is 12.8. The summed E-state index contributed by atoms with van der Waals surface area (Å²) in [6, 6.07) is 12.0. The van der Waals surface area contributed by atoms with Crippen LogP contribution >= 0.6 is 23.2 Å². The van der Waals surface area contributed by atoms with Gasteiger partial charge in [-0.1, -0.05) is 41.4 Å². The van der Waals surface area contributed by atoms with Crippen LogP contribution in [0.1, 0.15) is 39.3 Å². The average Bonchev–Trinajstić information content (AvgIpc) is 2.84. The molecule has 2 heterocycles. The minimum Gasteiger partial charge on any atom is -0.382 e. The minimum absolute atomic E-state index is 0.0206. The molecule has 1 atom stereocenters. The summed E-state index contributed by atoms with van der Waals surface area (Å²) in [5.74, 6) is -0.591. The second kappa shape index (κ2) is 10.8. The van der Waals surface area contributed by atoms with Crippen LogP contribution in [-0.4, -0.2) is 40.9 Å². The number of piperidine rings is 1. The van der Waals surface area contributed by atoms with Gasteiger partial charge in [-0.3, -0.25) is 9.59 Å². The van der Waals surface area contributed by atoms with Gasteiger partial charge in [0, 0.05) is 40.3 Å². The van der Waals surface area contributed by atoms with Crippen LogP contribution in [-0.2, 0) is 6.54 Å². The normalized spacial score (nSPS) is 15.5. The van der Waals surface area contributed by atoms with E-state index in [9.17, 15) is 9.59 Å². The molecule has 2 aromatic carbocycles. The van der Waals surface area contributed by atoms with Crippen molar-refractivity contribution in [2.75, 3.05) is 18.8 Å². The summed E-state index contributed by atoms with van der Waals surface area (Å²) in [6.07, 6.45) is 3.37. The lowest BCUT2D eigenvalue weighted by Gasteiger charge is -2.23. The van der Waals surface area contributed by atoms with E-state index in [4.69, 9.17) is 28.9 Å². The van der Waals surface area contributed by atoms with E-state index in [1.165, 1.54) is 6.20 Å². The minimum atomic E-state index is -0.366. The Morgan fingerprint density at radius 1 is 1.15 bits per heavy atom. The maximum Gasteiger partial charge on any atom is 0.274 e. The fraction of sp³-hybridized carbons (Fsp3) is 0.250. The summed E-state index contributed by atoms with van der Waals surface area (Å²) in [4.78, 5) is 34.1. The number of benzene rings is 2. The molecule has 0 aliphatic carbocycles. The summed E-state index contributed by atoms with van der Waals surface area (Å²) < 4.78 is 0. The van der Waals surface area contributed by atoms with Crippen molar-refractivity contribution < 1.29 is 9.59 Å². The molecule has 8 nitrogen and oxygen atoms in total. The number of nitrogens with one attached hydrogen (secondary N) is 3. The lowest BCUT2D eigenvalue weighted by atomic mass is 10.1. The number of nitrogen functional groups attached to an aromatic ring is 1. The number of amides is 2. The van der Waals surface area contributed by atoms with Crippen LogP contribution in [0.5, 0.6) is 0 Å². The van der Waals surface area contributed by atoms with Crippen molar-refractivity contribution in [3.63, 3.8) is 0 Å². The molecular formula is C24H24Cl2N6O2. The summed E-state index contributed by atoms with van der Waals surface area (Å²) >= 11 is 12.1. The summed E-state index contributed by atoms with van der Waals surface area (Å²) in [5.41, 5.74) is 8.26. The molecule has 34 heavy (non-hydrogen) atoms. The van der Waals surface area contributed by atoms with Crippen molar-refractivity contribution in [2.45, 2.75) is 25.4 Å². The van der Waals surface area contributed by atoms with E-state index in [-0.39, 0.29) is 35.9 Å². The van der Waals surface area contributed by atoms with Gasteiger partial charge in [0.1, 0.15) is 0 Å². The van der Waals surface area contributed by atoms with Crippen molar-refractivity contribution in [2.24, 2.45) is 0 Å². The Labute approximate surface area is 207 Å². The zero-order valence-corrected chi connectivity index (χ0v) is 19.8. The number of hydrogen-bond donors (Lipinski definition) is 4. The molecule has 1 aliphatic rings. The number of rotatable bonds is 6. The number of nitrogens with two attached hydrogens (primary N) is 1. The lowest BCUT2D eigenvalue weighted by Crippen LogP contribution is -2.46. The van der Waals surface area contributed by atoms with Gasteiger partial charge in [-0.2, -0.15) is 0 Å². The van der Waals surface area contributed by atoms with E-state index in [0.29, 0.717) is 33.4 Å². The van der Waals surface area contributed by atoms with E-state index in [1.54, 1.807) is 42.5 Å². The molecule has 10 heteroatoms. The molecule has 1 saturated heterocycles. The van der Waals surface area contributed by atoms with Crippen LogP contribution in [0.2, 0.25) is 10.0 Å². The van der Waals surface area contributed by atoms with Crippen molar-refractivity contribution >= 4 is 40.8 Å². The Hall–Kier alpha value is -3.20. The third-order valence-electron chi connectivity index (χ3n) is 5.52. The molecule has 4 rings (SSSR count). The molecule has 1 aromatic heterocycles. The Morgan fingerprint density at radius 3 is 2.76 bits per heavy atom. The fourth-order valence-corrected chi connectivity index (χ4v) is 4.17. The first-order valence-corrected chi connectivity index (χ1v) is 11.6. The molecule has 5 N–H and O–H groups in total. The van der Waals surface area contributed by atoms with Crippen LogP contribution < -0.4 is 21.7 Å². The number of anilines is 1. The largest absolute Gasteiger partial charge is 0.382 e. The predicted octanol–water partition coefficient (Wildman–Crippen LogP) is 3.44. The van der Waals surface area contributed by atoms with Crippen LogP contribution in [0.4, 0.5) is 5.82 Å². The molecule has 0 bridgehead atoms. The van der Waals surface area contributed by atoms with Gasteiger partial charge in [0.2, 0.25) is 0 Å². The van der Waals surface area contributed by atoms with E-state index in [1.807, 2.05) is 0 Å². The molecule has 1 fully saturated rings. The van der Waals surface area contributed by atoms with Crippen molar-refractivity contribution in [1.82, 2.24) is 25.9 Å².